The van der Waals surface area contributed by atoms with Gasteiger partial charge >= 0.3 is 0 Å². The van der Waals surface area contributed by atoms with Gasteiger partial charge < -0.3 is 16.4 Å². The normalized spacial score (nSPS) is 16.5. The average molecular weight is 627 g/mol. The summed E-state index contributed by atoms with van der Waals surface area (Å²) in [6.45, 7) is 4.58. The number of carbonyl (C=O) groups is 1. The largest absolute Gasteiger partial charge is 0.384 e. The maximum absolute atomic E-state index is 13.7. The van der Waals surface area contributed by atoms with Crippen molar-refractivity contribution in [3.63, 3.8) is 0 Å². The number of fused-ring (bicyclic) bond motifs is 2. The predicted octanol–water partition coefficient (Wildman–Crippen LogP) is 5.34. The number of carbonyl (C=O) groups excluding carboxylic acids is 1. The highest BCUT2D eigenvalue weighted by atomic mass is 79.9. The Morgan fingerprint density at radius 1 is 1.07 bits per heavy atom. The van der Waals surface area contributed by atoms with Crippen LogP contribution < -0.4 is 16.4 Å². The molecule has 0 aliphatic carbocycles. The van der Waals surface area contributed by atoms with Gasteiger partial charge in [0.25, 0.3) is 5.91 Å². The van der Waals surface area contributed by atoms with Crippen LogP contribution in [0.4, 0.5) is 5.69 Å². The summed E-state index contributed by atoms with van der Waals surface area (Å²) in [5, 5.41) is 7.44. The topological polar surface area (TPSA) is 83.3 Å². The van der Waals surface area contributed by atoms with Crippen LogP contribution >= 0.6 is 27.7 Å². The highest BCUT2D eigenvalue weighted by Crippen LogP contribution is 2.38. The molecule has 4 N–H and O–H groups in total. The molecule has 208 valence electrons. The fraction of sp³-hybridized carbons (Fsp3) is 0.273. The number of pyridine rings is 1. The van der Waals surface area contributed by atoms with E-state index in [0.29, 0.717) is 18.7 Å². The van der Waals surface area contributed by atoms with Crippen molar-refractivity contribution in [2.24, 2.45) is 5.73 Å². The van der Waals surface area contributed by atoms with Gasteiger partial charge in [-0.1, -0.05) is 52.0 Å². The smallest absolute Gasteiger partial charge is 0.252 e. The van der Waals surface area contributed by atoms with Crippen LogP contribution in [0.5, 0.6) is 0 Å². The summed E-state index contributed by atoms with van der Waals surface area (Å²) in [5.74, 6) is 8.91. The third-order valence-corrected chi connectivity index (χ3v) is 9.10. The fourth-order valence-corrected chi connectivity index (χ4v) is 6.70. The van der Waals surface area contributed by atoms with Gasteiger partial charge in [0.2, 0.25) is 0 Å². The van der Waals surface area contributed by atoms with E-state index < -0.39 is 0 Å². The minimum atomic E-state index is -0.127. The summed E-state index contributed by atoms with van der Waals surface area (Å²) in [5.41, 5.74) is 13.3. The lowest BCUT2D eigenvalue weighted by Crippen LogP contribution is -2.32. The van der Waals surface area contributed by atoms with Crippen LogP contribution in [-0.2, 0) is 13.1 Å². The van der Waals surface area contributed by atoms with Gasteiger partial charge in [0.1, 0.15) is 0 Å². The molecule has 1 amide bonds. The Balaban J connectivity index is 1.33. The second-order valence-corrected chi connectivity index (χ2v) is 12.5. The van der Waals surface area contributed by atoms with Crippen molar-refractivity contribution < 1.29 is 4.79 Å². The molecule has 1 aromatic heterocycles. The molecule has 1 unspecified atom stereocenters. The van der Waals surface area contributed by atoms with Crippen molar-refractivity contribution in [2.45, 2.75) is 19.0 Å². The van der Waals surface area contributed by atoms with Gasteiger partial charge in [0.05, 0.1) is 23.3 Å². The molecule has 2 aliphatic heterocycles. The number of benzene rings is 3. The zero-order valence-corrected chi connectivity index (χ0v) is 25.2. The van der Waals surface area contributed by atoms with E-state index >= 15 is 0 Å². The first kappa shape index (κ1) is 27.8. The van der Waals surface area contributed by atoms with Crippen LogP contribution in [0.15, 0.2) is 71.2 Å². The standard InChI is InChI=1S/C33H32BrN5OS/c34-25-8-10-30-27(17-25)29(21-36-30)32-18-28(33(40)37-20-24-5-3-23(19-35)4-6-24)26-16-22(7-9-31(26)38-32)2-1-11-39-12-14-41-15-13-39/h3-10,16-18,29,36H,11-15,19-21,35H2,(H,37,40). The lowest BCUT2D eigenvalue weighted by molar-refractivity contribution is 0.0952. The Kier molecular flexibility index (Phi) is 8.59. The summed E-state index contributed by atoms with van der Waals surface area (Å²) < 4.78 is 1.02. The van der Waals surface area contributed by atoms with Crippen molar-refractivity contribution in [2.75, 3.05) is 43.0 Å². The van der Waals surface area contributed by atoms with E-state index in [9.17, 15) is 4.79 Å². The van der Waals surface area contributed by atoms with Gasteiger partial charge in [0.15, 0.2) is 0 Å². The van der Waals surface area contributed by atoms with Crippen molar-refractivity contribution in [1.82, 2.24) is 15.2 Å². The molecule has 6 rings (SSSR count). The highest BCUT2D eigenvalue weighted by molar-refractivity contribution is 9.10. The minimum Gasteiger partial charge on any atom is -0.384 e. The Bertz CT molecular complexity index is 1640. The van der Waals surface area contributed by atoms with E-state index in [4.69, 9.17) is 10.7 Å². The molecule has 6 nitrogen and oxygen atoms in total. The lowest BCUT2D eigenvalue weighted by Gasteiger charge is -2.23. The van der Waals surface area contributed by atoms with Gasteiger partial charge in [-0.3, -0.25) is 14.7 Å². The van der Waals surface area contributed by atoms with E-state index in [-0.39, 0.29) is 11.8 Å². The van der Waals surface area contributed by atoms with Crippen molar-refractivity contribution in [3.05, 3.63) is 105 Å². The summed E-state index contributed by atoms with van der Waals surface area (Å²) in [6, 6.07) is 22.2. The molecule has 1 saturated heterocycles. The van der Waals surface area contributed by atoms with Crippen LogP contribution in [0.2, 0.25) is 0 Å². The summed E-state index contributed by atoms with van der Waals surface area (Å²) in [7, 11) is 0. The molecule has 0 spiro atoms. The Labute approximate surface area is 253 Å². The van der Waals surface area contributed by atoms with Gasteiger partial charge in [-0.15, -0.1) is 0 Å². The first-order valence-electron chi connectivity index (χ1n) is 13.9. The van der Waals surface area contributed by atoms with E-state index in [1.165, 1.54) is 17.1 Å². The van der Waals surface area contributed by atoms with E-state index in [1.807, 2.05) is 66.4 Å². The van der Waals surface area contributed by atoms with Crippen molar-refractivity contribution in [1.29, 1.82) is 0 Å². The van der Waals surface area contributed by atoms with Crippen LogP contribution in [0, 0.1) is 11.8 Å². The van der Waals surface area contributed by atoms with E-state index in [0.717, 1.165) is 69.6 Å². The van der Waals surface area contributed by atoms with Crippen molar-refractivity contribution in [3.8, 4) is 11.8 Å². The van der Waals surface area contributed by atoms with Crippen LogP contribution in [-0.4, -0.2) is 53.5 Å². The molecule has 3 heterocycles. The number of nitrogens with two attached hydrogens (primary N) is 1. The Morgan fingerprint density at radius 3 is 2.68 bits per heavy atom. The molecule has 0 saturated carbocycles. The maximum Gasteiger partial charge on any atom is 0.252 e. The number of halogens is 1. The molecular formula is C33H32BrN5OS. The molecule has 1 atom stereocenters. The number of nitrogens with one attached hydrogen (secondary N) is 2. The summed E-state index contributed by atoms with van der Waals surface area (Å²) in [4.78, 5) is 21.2. The second-order valence-electron chi connectivity index (χ2n) is 10.4. The summed E-state index contributed by atoms with van der Waals surface area (Å²) in [6.07, 6.45) is 0. The zero-order chi connectivity index (χ0) is 28.2. The third kappa shape index (κ3) is 6.44. The van der Waals surface area contributed by atoms with Crippen molar-refractivity contribution >= 4 is 50.2 Å². The molecule has 41 heavy (non-hydrogen) atoms. The van der Waals surface area contributed by atoms with Crippen LogP contribution in [0.3, 0.4) is 0 Å². The van der Waals surface area contributed by atoms with Gasteiger partial charge in [-0.25, -0.2) is 0 Å². The lowest BCUT2D eigenvalue weighted by atomic mass is 9.94. The zero-order valence-electron chi connectivity index (χ0n) is 22.8. The molecule has 4 aromatic rings. The number of rotatable bonds is 6. The number of thioether (sulfide) groups is 1. The SMILES string of the molecule is NCc1ccc(CNC(=O)c2cc(C3CNc4ccc(Br)cc43)nc3ccc(C#CCN4CCSCC4)cc23)cc1. The van der Waals surface area contributed by atoms with E-state index in [1.54, 1.807) is 0 Å². The Hall–Kier alpha value is -3.35. The second kappa shape index (κ2) is 12.7. The van der Waals surface area contributed by atoms with E-state index in [2.05, 4.69) is 55.4 Å². The molecule has 2 aliphatic rings. The molecule has 0 radical (unpaired) electrons. The van der Waals surface area contributed by atoms with Gasteiger partial charge in [-0.2, -0.15) is 11.8 Å². The number of amides is 1. The third-order valence-electron chi connectivity index (χ3n) is 7.67. The van der Waals surface area contributed by atoms with Gasteiger partial charge in [0, 0.05) is 71.3 Å². The first-order valence-corrected chi connectivity index (χ1v) is 15.9. The molecule has 1 fully saturated rings. The molecule has 0 bridgehead atoms. The fourth-order valence-electron chi connectivity index (χ4n) is 5.34. The number of hydrogen-bond acceptors (Lipinski definition) is 6. The first-order chi connectivity index (χ1) is 20.1. The monoisotopic (exact) mass is 625 g/mol. The number of hydrogen-bond donors (Lipinski definition) is 3. The Morgan fingerprint density at radius 2 is 1.88 bits per heavy atom. The minimum absolute atomic E-state index is 0.0458. The molecule has 3 aromatic carbocycles. The number of aromatic nitrogens is 1. The van der Waals surface area contributed by atoms with Gasteiger partial charge in [-0.05, 0) is 59.2 Å². The van der Waals surface area contributed by atoms with Crippen LogP contribution in [0.25, 0.3) is 10.9 Å². The molecular weight excluding hydrogens is 594 g/mol. The predicted molar refractivity (Wildman–Crippen MR) is 172 cm³/mol. The molecule has 8 heteroatoms. The highest BCUT2D eigenvalue weighted by Gasteiger charge is 2.27. The number of anilines is 1. The van der Waals surface area contributed by atoms with Crippen LogP contribution in [0.1, 0.15) is 44.2 Å². The summed E-state index contributed by atoms with van der Waals surface area (Å²) >= 11 is 5.61. The number of nitrogens with zero attached hydrogens (tertiary/aromatic N) is 2. The quantitative estimate of drug-likeness (QED) is 0.251. The maximum atomic E-state index is 13.7. The average Bonchev–Trinajstić information content (AvgIpc) is 3.43.